The maximum atomic E-state index is 5.59. The van der Waals surface area contributed by atoms with Crippen molar-refractivity contribution in [3.05, 3.63) is 30.4 Å². The van der Waals surface area contributed by atoms with Crippen molar-refractivity contribution < 1.29 is 4.42 Å². The lowest BCUT2D eigenvalue weighted by atomic mass is 10.2. The lowest BCUT2D eigenvalue weighted by Crippen LogP contribution is -2.15. The Hall–Kier alpha value is -1.75. The smallest absolute Gasteiger partial charge is 0.249 e. The highest BCUT2D eigenvalue weighted by Gasteiger charge is 2.15. The second-order valence-electron chi connectivity index (χ2n) is 3.44. The van der Waals surface area contributed by atoms with Gasteiger partial charge in [0, 0.05) is 12.4 Å². The second kappa shape index (κ2) is 4.85. The van der Waals surface area contributed by atoms with E-state index in [9.17, 15) is 0 Å². The van der Waals surface area contributed by atoms with Gasteiger partial charge in [-0.1, -0.05) is 6.92 Å². The molecule has 0 amide bonds. The Bertz CT molecular complexity index is 436. The Balaban J connectivity index is 2.26. The summed E-state index contributed by atoms with van der Waals surface area (Å²) in [5.74, 6) is 1.13. The van der Waals surface area contributed by atoms with Crippen LogP contribution in [0.4, 0.5) is 0 Å². The maximum absolute atomic E-state index is 5.59. The van der Waals surface area contributed by atoms with Crippen molar-refractivity contribution in [3.8, 4) is 11.5 Å². The fraction of sp³-hybridized carbons (Fsp3) is 0.364. The third-order valence-corrected chi connectivity index (χ3v) is 2.40. The minimum absolute atomic E-state index is 0.109. The Morgan fingerprint density at radius 2 is 2.31 bits per heavy atom. The molecule has 2 rings (SSSR count). The van der Waals surface area contributed by atoms with E-state index in [2.05, 4.69) is 27.4 Å². The lowest BCUT2D eigenvalue weighted by Gasteiger charge is -2.06. The van der Waals surface area contributed by atoms with Gasteiger partial charge in [0.1, 0.15) is 0 Å². The second-order valence-corrected chi connectivity index (χ2v) is 3.44. The monoisotopic (exact) mass is 218 g/mol. The molecule has 0 spiro atoms. The van der Waals surface area contributed by atoms with Gasteiger partial charge in [-0.15, -0.1) is 10.2 Å². The van der Waals surface area contributed by atoms with E-state index in [4.69, 9.17) is 4.42 Å². The molecule has 5 nitrogen and oxygen atoms in total. The van der Waals surface area contributed by atoms with Crippen molar-refractivity contribution >= 4 is 0 Å². The van der Waals surface area contributed by atoms with Crippen LogP contribution in [0.2, 0.25) is 0 Å². The number of pyridine rings is 1. The Labute approximate surface area is 93.9 Å². The zero-order valence-corrected chi connectivity index (χ0v) is 9.34. The van der Waals surface area contributed by atoms with Crippen LogP contribution < -0.4 is 5.32 Å². The van der Waals surface area contributed by atoms with E-state index >= 15 is 0 Å². The fourth-order valence-corrected chi connectivity index (χ4v) is 1.48. The molecule has 2 aromatic rings. The highest BCUT2D eigenvalue weighted by molar-refractivity contribution is 5.49. The van der Waals surface area contributed by atoms with Crippen molar-refractivity contribution in [1.29, 1.82) is 0 Å². The van der Waals surface area contributed by atoms with E-state index in [0.29, 0.717) is 11.8 Å². The van der Waals surface area contributed by atoms with Gasteiger partial charge >= 0.3 is 0 Å². The molecule has 0 aliphatic rings. The van der Waals surface area contributed by atoms with E-state index in [1.807, 2.05) is 19.2 Å². The van der Waals surface area contributed by atoms with Gasteiger partial charge < -0.3 is 9.73 Å². The van der Waals surface area contributed by atoms with Crippen LogP contribution in [0.5, 0.6) is 0 Å². The summed E-state index contributed by atoms with van der Waals surface area (Å²) >= 11 is 0. The van der Waals surface area contributed by atoms with Crippen LogP contribution in [-0.2, 0) is 0 Å². The summed E-state index contributed by atoms with van der Waals surface area (Å²) in [6, 6.07) is 3.84. The van der Waals surface area contributed by atoms with Crippen LogP contribution in [0.15, 0.2) is 28.9 Å². The number of rotatable bonds is 4. The van der Waals surface area contributed by atoms with Crippen LogP contribution >= 0.6 is 0 Å². The first-order chi connectivity index (χ1) is 7.85. The average Bonchev–Trinajstić information content (AvgIpc) is 2.81. The quantitative estimate of drug-likeness (QED) is 0.847. The molecule has 0 aromatic carbocycles. The van der Waals surface area contributed by atoms with E-state index < -0.39 is 0 Å². The van der Waals surface area contributed by atoms with Crippen LogP contribution in [0.3, 0.4) is 0 Å². The minimum Gasteiger partial charge on any atom is -0.419 e. The van der Waals surface area contributed by atoms with Gasteiger partial charge in [0.25, 0.3) is 0 Å². The van der Waals surface area contributed by atoms with E-state index in [-0.39, 0.29) is 6.04 Å². The predicted octanol–water partition coefficient (Wildman–Crippen LogP) is 1.80. The third-order valence-electron chi connectivity index (χ3n) is 2.40. The topological polar surface area (TPSA) is 63.8 Å². The highest BCUT2D eigenvalue weighted by Crippen LogP contribution is 2.20. The number of nitrogens with zero attached hydrogens (tertiary/aromatic N) is 3. The van der Waals surface area contributed by atoms with Gasteiger partial charge in [0.05, 0.1) is 11.6 Å². The molecule has 0 saturated carbocycles. The molecule has 5 heteroatoms. The van der Waals surface area contributed by atoms with E-state index in [1.165, 1.54) is 0 Å². The normalized spacial score (nSPS) is 12.6. The van der Waals surface area contributed by atoms with Crippen molar-refractivity contribution in [2.75, 3.05) is 7.05 Å². The number of aromatic nitrogens is 3. The zero-order valence-electron chi connectivity index (χ0n) is 9.34. The van der Waals surface area contributed by atoms with E-state index in [1.54, 1.807) is 12.4 Å². The molecule has 0 aliphatic heterocycles. The summed E-state index contributed by atoms with van der Waals surface area (Å²) in [5.41, 5.74) is 0.840. The SMILES string of the molecule is CCC(NC)c1nnc(-c2cccnc2)o1. The molecular formula is C11H14N4O. The van der Waals surface area contributed by atoms with Gasteiger partial charge in [0.15, 0.2) is 0 Å². The molecule has 0 fully saturated rings. The fourth-order valence-electron chi connectivity index (χ4n) is 1.48. The molecule has 0 aliphatic carbocycles. The molecule has 0 saturated heterocycles. The van der Waals surface area contributed by atoms with Crippen LogP contribution in [-0.4, -0.2) is 22.2 Å². The first-order valence-corrected chi connectivity index (χ1v) is 5.26. The number of hydrogen-bond acceptors (Lipinski definition) is 5. The summed E-state index contributed by atoms with van der Waals surface area (Å²) in [4.78, 5) is 4.01. The molecule has 0 bridgehead atoms. The molecule has 1 atom stereocenters. The third kappa shape index (κ3) is 2.09. The van der Waals surface area contributed by atoms with Crippen molar-refractivity contribution in [2.24, 2.45) is 0 Å². The molecule has 2 aromatic heterocycles. The van der Waals surface area contributed by atoms with E-state index in [0.717, 1.165) is 12.0 Å². The first-order valence-electron chi connectivity index (χ1n) is 5.26. The summed E-state index contributed by atoms with van der Waals surface area (Å²) in [5, 5.41) is 11.2. The maximum Gasteiger partial charge on any atom is 0.249 e. The van der Waals surface area contributed by atoms with Gasteiger partial charge in [-0.25, -0.2) is 0 Å². The average molecular weight is 218 g/mol. The minimum atomic E-state index is 0.109. The van der Waals surface area contributed by atoms with Crippen molar-refractivity contribution in [2.45, 2.75) is 19.4 Å². The summed E-state index contributed by atoms with van der Waals surface area (Å²) in [7, 11) is 1.88. The Kier molecular flexibility index (Phi) is 3.26. The van der Waals surface area contributed by atoms with Crippen molar-refractivity contribution in [1.82, 2.24) is 20.5 Å². The molecule has 84 valence electrons. The zero-order chi connectivity index (χ0) is 11.4. The van der Waals surface area contributed by atoms with Gasteiger partial charge in [-0.3, -0.25) is 4.98 Å². The standard InChI is InChI=1S/C11H14N4O/c1-3-9(12-2)11-15-14-10(16-11)8-5-4-6-13-7-8/h4-7,9,12H,3H2,1-2H3. The highest BCUT2D eigenvalue weighted by atomic mass is 16.4. The van der Waals surface area contributed by atoms with Gasteiger partial charge in [-0.2, -0.15) is 0 Å². The number of hydrogen-bond donors (Lipinski definition) is 1. The van der Waals surface area contributed by atoms with Crippen molar-refractivity contribution in [3.63, 3.8) is 0 Å². The molecule has 1 N–H and O–H groups in total. The predicted molar refractivity (Wildman–Crippen MR) is 59.6 cm³/mol. The van der Waals surface area contributed by atoms with Crippen LogP contribution in [0, 0.1) is 0 Å². The van der Waals surface area contributed by atoms with Crippen LogP contribution in [0.1, 0.15) is 25.3 Å². The molecule has 0 radical (unpaired) electrons. The lowest BCUT2D eigenvalue weighted by molar-refractivity contribution is 0.415. The van der Waals surface area contributed by atoms with Crippen LogP contribution in [0.25, 0.3) is 11.5 Å². The molecular weight excluding hydrogens is 204 g/mol. The summed E-state index contributed by atoms with van der Waals surface area (Å²) in [6.07, 6.45) is 4.33. The first kappa shape index (κ1) is 10.8. The Morgan fingerprint density at radius 1 is 1.44 bits per heavy atom. The summed E-state index contributed by atoms with van der Waals surface area (Å²) in [6.45, 7) is 2.06. The Morgan fingerprint density at radius 3 is 2.94 bits per heavy atom. The van der Waals surface area contributed by atoms with Gasteiger partial charge in [-0.05, 0) is 25.6 Å². The summed E-state index contributed by atoms with van der Waals surface area (Å²) < 4.78 is 5.59. The number of nitrogens with one attached hydrogen (secondary N) is 1. The largest absolute Gasteiger partial charge is 0.419 e. The van der Waals surface area contributed by atoms with Gasteiger partial charge in [0.2, 0.25) is 11.8 Å². The molecule has 16 heavy (non-hydrogen) atoms. The molecule has 1 unspecified atom stereocenters. The molecule has 2 heterocycles.